The fraction of sp³-hybridized carbons (Fsp3) is 0.731. The van der Waals surface area contributed by atoms with Crippen LogP contribution in [0.1, 0.15) is 39.5 Å². The maximum atomic E-state index is 13.4. The SMILES string of the molecule is C[C@@H](CC(=O)Cn1cnnn1)[C@H]1C(=O)N2C(C(=O)O)=C(S[C@@H]3CN[C@H](C(=O)N4CC5CC(N)CC5(N)C4)C3)[C@H](C)[C@H]12. The number of carbonyl (C=O) groups is 4. The molecule has 3 unspecified atom stereocenters. The number of nitrogens with one attached hydrogen (secondary N) is 1. The number of nitrogens with two attached hydrogens (primary N) is 2. The van der Waals surface area contributed by atoms with Gasteiger partial charge in [-0.05, 0) is 41.5 Å². The molecule has 3 saturated heterocycles. The molecule has 6 rings (SSSR count). The van der Waals surface area contributed by atoms with Gasteiger partial charge in [-0.1, -0.05) is 13.8 Å². The Morgan fingerprint density at radius 1 is 1.32 bits per heavy atom. The molecule has 15 heteroatoms. The molecule has 6 N–H and O–H groups in total. The van der Waals surface area contributed by atoms with E-state index in [9.17, 15) is 24.3 Å². The molecular formula is C26H37N9O5S. The van der Waals surface area contributed by atoms with Crippen LogP contribution in [0.25, 0.3) is 0 Å². The first-order valence-corrected chi connectivity index (χ1v) is 15.1. The van der Waals surface area contributed by atoms with Gasteiger partial charge in [0.25, 0.3) is 0 Å². The average molecular weight is 588 g/mol. The van der Waals surface area contributed by atoms with E-state index in [-0.39, 0.29) is 77.4 Å². The van der Waals surface area contributed by atoms with Gasteiger partial charge in [-0.25, -0.2) is 9.48 Å². The summed E-state index contributed by atoms with van der Waals surface area (Å²) in [5.74, 6) is -2.13. The number of fused-ring (bicyclic) bond motifs is 2. The minimum absolute atomic E-state index is 0.0133. The highest BCUT2D eigenvalue weighted by Crippen LogP contribution is 2.53. The molecule has 5 heterocycles. The van der Waals surface area contributed by atoms with E-state index in [0.717, 1.165) is 12.8 Å². The summed E-state index contributed by atoms with van der Waals surface area (Å²) in [5, 5.41) is 24.2. The lowest BCUT2D eigenvalue weighted by molar-refractivity contribution is -0.160. The van der Waals surface area contributed by atoms with Gasteiger partial charge in [-0.15, -0.1) is 16.9 Å². The smallest absolute Gasteiger partial charge is 0.353 e. The number of likely N-dealkylation sites (tertiary alicyclic amines) is 1. The third kappa shape index (κ3) is 4.85. The summed E-state index contributed by atoms with van der Waals surface area (Å²) in [4.78, 5) is 55.5. The van der Waals surface area contributed by atoms with Gasteiger partial charge in [-0.3, -0.25) is 14.4 Å². The summed E-state index contributed by atoms with van der Waals surface area (Å²) in [7, 11) is 0. The minimum atomic E-state index is -1.13. The van der Waals surface area contributed by atoms with Crippen LogP contribution in [0.15, 0.2) is 16.9 Å². The second-order valence-electron chi connectivity index (χ2n) is 12.5. The second-order valence-corrected chi connectivity index (χ2v) is 13.9. The molecule has 41 heavy (non-hydrogen) atoms. The highest BCUT2D eigenvalue weighted by Gasteiger charge is 2.60. The molecule has 0 spiro atoms. The monoisotopic (exact) mass is 587 g/mol. The van der Waals surface area contributed by atoms with Crippen LogP contribution < -0.4 is 16.8 Å². The topological polar surface area (TPSA) is 203 Å². The Bertz CT molecular complexity index is 1290. The van der Waals surface area contributed by atoms with E-state index in [0.29, 0.717) is 31.0 Å². The summed E-state index contributed by atoms with van der Waals surface area (Å²) in [6, 6.07) is -0.572. The number of β-lactam (4-membered cyclic amide) rings is 1. The average Bonchev–Trinajstić information content (AvgIpc) is 3.69. The zero-order valence-corrected chi connectivity index (χ0v) is 24.0. The molecule has 4 fully saturated rings. The van der Waals surface area contributed by atoms with Crippen molar-refractivity contribution >= 4 is 35.3 Å². The molecule has 1 aromatic heterocycles. The molecule has 0 aromatic carbocycles. The van der Waals surface area contributed by atoms with E-state index in [4.69, 9.17) is 11.5 Å². The highest BCUT2D eigenvalue weighted by atomic mass is 32.2. The minimum Gasteiger partial charge on any atom is -0.477 e. The van der Waals surface area contributed by atoms with E-state index in [2.05, 4.69) is 20.8 Å². The molecule has 14 nitrogen and oxygen atoms in total. The van der Waals surface area contributed by atoms with Crippen LogP contribution in [0.2, 0.25) is 0 Å². The Hall–Kier alpha value is -2.88. The molecule has 0 radical (unpaired) electrons. The molecule has 9 atom stereocenters. The fourth-order valence-corrected chi connectivity index (χ4v) is 9.25. The third-order valence-corrected chi connectivity index (χ3v) is 11.2. The Balaban J connectivity index is 1.08. The van der Waals surface area contributed by atoms with Crippen molar-refractivity contribution in [1.82, 2.24) is 35.3 Å². The molecule has 222 valence electrons. The molecule has 5 aliphatic rings. The number of carboxylic acid groups (broad SMARTS) is 1. The van der Waals surface area contributed by atoms with E-state index in [1.165, 1.54) is 27.7 Å². The van der Waals surface area contributed by atoms with Gasteiger partial charge >= 0.3 is 5.97 Å². The summed E-state index contributed by atoms with van der Waals surface area (Å²) in [6.07, 6.45) is 3.66. The standard InChI is InChI=1S/C26H37N9O5S/c1-12(3-16(36)9-34-11-30-31-32-34)19-20-13(2)22(21(25(39)40)35(20)24(19)38)41-17-5-18(29-7-17)23(37)33-8-14-4-15(27)6-26(14,28)10-33/h11-15,17-20,29H,3-10,27-28H2,1-2H3,(H,39,40)/t12-,13+,14?,15?,17-,18-,19+,20+,26?/m0/s1. The number of Topliss-reactive ketones (excluding diaryl/α,β-unsaturated/α-hetero) is 1. The highest BCUT2D eigenvalue weighted by molar-refractivity contribution is 8.03. The normalized spacial score (nSPS) is 36.9. The number of nitrogens with zero attached hydrogens (tertiary/aromatic N) is 6. The van der Waals surface area contributed by atoms with E-state index >= 15 is 0 Å². The molecule has 1 aliphatic carbocycles. The van der Waals surface area contributed by atoms with Crippen molar-refractivity contribution in [3.05, 3.63) is 16.9 Å². The van der Waals surface area contributed by atoms with Crippen LogP contribution in [0.4, 0.5) is 0 Å². The number of aliphatic carboxylic acids is 1. The van der Waals surface area contributed by atoms with Crippen molar-refractivity contribution in [3.63, 3.8) is 0 Å². The number of aromatic nitrogens is 4. The zero-order valence-electron chi connectivity index (χ0n) is 23.2. The van der Waals surface area contributed by atoms with Crippen LogP contribution >= 0.6 is 11.8 Å². The predicted octanol–water partition coefficient (Wildman–Crippen LogP) is -1.22. The van der Waals surface area contributed by atoms with Crippen LogP contribution in [0.5, 0.6) is 0 Å². The van der Waals surface area contributed by atoms with E-state index < -0.39 is 17.4 Å². The van der Waals surface area contributed by atoms with Crippen LogP contribution in [-0.2, 0) is 25.7 Å². The quantitative estimate of drug-likeness (QED) is 0.251. The molecule has 2 amide bonds. The number of ketones is 1. The Labute approximate surface area is 241 Å². The van der Waals surface area contributed by atoms with Crippen LogP contribution in [0.3, 0.4) is 0 Å². The maximum Gasteiger partial charge on any atom is 0.353 e. The third-order valence-electron chi connectivity index (χ3n) is 9.65. The van der Waals surface area contributed by atoms with Gasteiger partial charge in [0.2, 0.25) is 11.8 Å². The summed E-state index contributed by atoms with van der Waals surface area (Å²) < 4.78 is 1.34. The van der Waals surface area contributed by atoms with Crippen molar-refractivity contribution < 1.29 is 24.3 Å². The second kappa shape index (κ2) is 10.4. The first-order valence-electron chi connectivity index (χ1n) is 14.2. The van der Waals surface area contributed by atoms with E-state index in [1.54, 1.807) is 0 Å². The fourth-order valence-electron chi connectivity index (χ4n) is 7.77. The summed E-state index contributed by atoms with van der Waals surface area (Å²) in [6.45, 7) is 5.53. The lowest BCUT2D eigenvalue weighted by Gasteiger charge is -2.47. The Morgan fingerprint density at radius 3 is 2.78 bits per heavy atom. The number of carboxylic acids is 1. The van der Waals surface area contributed by atoms with Crippen molar-refractivity contribution in [2.45, 2.75) is 75.0 Å². The molecular weight excluding hydrogens is 550 g/mol. The summed E-state index contributed by atoms with van der Waals surface area (Å²) in [5.41, 5.74) is 12.3. The number of thioether (sulfide) groups is 1. The van der Waals surface area contributed by atoms with Gasteiger partial charge in [0.15, 0.2) is 5.78 Å². The lowest BCUT2D eigenvalue weighted by atomic mass is 9.73. The number of rotatable bonds is 9. The zero-order chi connectivity index (χ0) is 29.2. The number of tetrazole rings is 1. The number of carbonyl (C=O) groups excluding carboxylic acids is 3. The Morgan fingerprint density at radius 2 is 2.10 bits per heavy atom. The summed E-state index contributed by atoms with van der Waals surface area (Å²) >= 11 is 1.46. The van der Waals surface area contributed by atoms with Crippen molar-refractivity contribution in [2.75, 3.05) is 19.6 Å². The van der Waals surface area contributed by atoms with Gasteiger partial charge in [-0.2, -0.15) is 0 Å². The number of hydrogen-bond donors (Lipinski definition) is 4. The van der Waals surface area contributed by atoms with Gasteiger partial charge < -0.3 is 31.7 Å². The predicted molar refractivity (Wildman–Crippen MR) is 147 cm³/mol. The first kappa shape index (κ1) is 28.2. The molecule has 1 saturated carbocycles. The maximum absolute atomic E-state index is 13.4. The number of amides is 2. The van der Waals surface area contributed by atoms with Gasteiger partial charge in [0, 0.05) is 53.7 Å². The molecule has 1 aromatic rings. The first-order chi connectivity index (χ1) is 19.5. The van der Waals surface area contributed by atoms with Gasteiger partial charge in [0.05, 0.1) is 18.0 Å². The molecule has 0 bridgehead atoms. The van der Waals surface area contributed by atoms with Crippen molar-refractivity contribution in [2.24, 2.45) is 35.1 Å². The van der Waals surface area contributed by atoms with Crippen molar-refractivity contribution in [1.29, 1.82) is 0 Å². The van der Waals surface area contributed by atoms with Crippen LogP contribution in [-0.4, -0.2) is 107 Å². The van der Waals surface area contributed by atoms with Gasteiger partial charge in [0.1, 0.15) is 18.6 Å². The van der Waals surface area contributed by atoms with E-state index in [1.807, 2.05) is 18.7 Å². The Kier molecular flexibility index (Phi) is 7.19. The van der Waals surface area contributed by atoms with Crippen LogP contribution in [0, 0.1) is 23.7 Å². The number of hydrogen-bond acceptors (Lipinski definition) is 11. The molecule has 4 aliphatic heterocycles. The largest absolute Gasteiger partial charge is 0.477 e. The van der Waals surface area contributed by atoms with Crippen molar-refractivity contribution in [3.8, 4) is 0 Å². The lowest BCUT2D eigenvalue weighted by Crippen LogP contribution is -2.62.